The molecule has 5 rings (SSSR count). The van der Waals surface area contributed by atoms with Crippen molar-refractivity contribution in [2.45, 2.75) is 26.7 Å². The van der Waals surface area contributed by atoms with E-state index in [4.69, 9.17) is 0 Å². The molecule has 0 nitrogen and oxygen atoms in total. The fourth-order valence-electron chi connectivity index (χ4n) is 7.09. The minimum atomic E-state index is 0.601. The number of allylic oxidation sites excluding steroid dienone is 4. The highest BCUT2D eigenvalue weighted by Gasteiger charge is 2.68. The first-order valence-corrected chi connectivity index (χ1v) is 7.54. The van der Waals surface area contributed by atoms with Crippen molar-refractivity contribution in [3.8, 4) is 0 Å². The molecule has 8 unspecified atom stereocenters. The van der Waals surface area contributed by atoms with Crippen LogP contribution in [0.25, 0.3) is 0 Å². The van der Waals surface area contributed by atoms with Gasteiger partial charge in [0, 0.05) is 0 Å². The lowest BCUT2D eigenvalue weighted by molar-refractivity contribution is 0.128. The Bertz CT molecular complexity index is 401. The van der Waals surface area contributed by atoms with Gasteiger partial charge in [0.15, 0.2) is 0 Å². The molecule has 0 saturated heterocycles. The molecule has 0 N–H and O–H groups in total. The largest absolute Gasteiger partial charge is 0.0848 e. The number of fused-ring (bicyclic) bond motifs is 11. The van der Waals surface area contributed by atoms with Crippen LogP contribution in [0.1, 0.15) is 26.7 Å². The summed E-state index contributed by atoms with van der Waals surface area (Å²) in [6.45, 7) is 5.19. The van der Waals surface area contributed by atoms with E-state index >= 15 is 0 Å². The first kappa shape index (κ1) is 9.42. The molecule has 0 aromatic rings. The van der Waals surface area contributed by atoms with Crippen molar-refractivity contribution in [3.63, 3.8) is 0 Å². The summed E-state index contributed by atoms with van der Waals surface area (Å²) in [5, 5.41) is 0. The standard InChI is InChI=1S/C17H22/c1-17(2)15-11-5-3-9(7-11)13(15)14-10-4-6-12(8-10)16(14)17/h3-6,9-16H,7-8H2,1-2H3. The van der Waals surface area contributed by atoms with Crippen molar-refractivity contribution >= 4 is 0 Å². The number of hydrogen-bond donors (Lipinski definition) is 0. The predicted molar refractivity (Wildman–Crippen MR) is 69.2 cm³/mol. The molecule has 0 radical (unpaired) electrons. The molecular formula is C17H22. The van der Waals surface area contributed by atoms with Crippen molar-refractivity contribution in [2.24, 2.45) is 52.8 Å². The highest BCUT2D eigenvalue weighted by atomic mass is 14.7. The molecule has 0 aromatic heterocycles. The minimum absolute atomic E-state index is 0.601. The van der Waals surface area contributed by atoms with Gasteiger partial charge in [0.2, 0.25) is 0 Å². The van der Waals surface area contributed by atoms with Crippen LogP contribution in [-0.4, -0.2) is 0 Å². The maximum Gasteiger partial charge on any atom is -0.0191 e. The molecule has 0 spiro atoms. The maximum atomic E-state index is 2.60. The van der Waals surface area contributed by atoms with Gasteiger partial charge in [0.1, 0.15) is 0 Å². The molecule has 5 aliphatic rings. The van der Waals surface area contributed by atoms with Gasteiger partial charge in [-0.15, -0.1) is 0 Å². The van der Waals surface area contributed by atoms with Gasteiger partial charge in [-0.1, -0.05) is 38.2 Å². The van der Waals surface area contributed by atoms with Crippen molar-refractivity contribution in [3.05, 3.63) is 24.3 Å². The second-order valence-corrected chi connectivity index (χ2v) is 7.92. The van der Waals surface area contributed by atoms with E-state index in [1.54, 1.807) is 0 Å². The molecule has 0 heterocycles. The lowest BCUT2D eigenvalue weighted by Crippen LogP contribution is -2.32. The zero-order valence-electron chi connectivity index (χ0n) is 10.8. The molecule has 0 aromatic carbocycles. The van der Waals surface area contributed by atoms with Crippen molar-refractivity contribution < 1.29 is 0 Å². The first-order valence-electron chi connectivity index (χ1n) is 7.54. The van der Waals surface area contributed by atoms with Crippen LogP contribution in [0.15, 0.2) is 24.3 Å². The van der Waals surface area contributed by atoms with E-state index in [0.29, 0.717) is 5.41 Å². The molecular weight excluding hydrogens is 204 g/mol. The maximum absolute atomic E-state index is 2.60. The van der Waals surface area contributed by atoms with Crippen molar-refractivity contribution in [1.29, 1.82) is 0 Å². The Balaban J connectivity index is 1.68. The fourth-order valence-corrected chi connectivity index (χ4v) is 7.09. The third kappa shape index (κ3) is 0.851. The average molecular weight is 226 g/mol. The lowest BCUT2D eigenvalue weighted by Gasteiger charge is -2.37. The molecule has 90 valence electrons. The Hall–Kier alpha value is -0.520. The number of rotatable bonds is 0. The summed E-state index contributed by atoms with van der Waals surface area (Å²) in [7, 11) is 0. The van der Waals surface area contributed by atoms with Crippen molar-refractivity contribution in [1.82, 2.24) is 0 Å². The van der Waals surface area contributed by atoms with E-state index in [2.05, 4.69) is 38.2 Å². The quantitative estimate of drug-likeness (QED) is 0.549. The SMILES string of the molecule is CC1(C)C2C3C=CC(C3)C2C2C3C=CC(C3)C21. The van der Waals surface area contributed by atoms with Gasteiger partial charge in [-0.3, -0.25) is 0 Å². The molecule has 0 amide bonds. The van der Waals surface area contributed by atoms with E-state index in [9.17, 15) is 0 Å². The summed E-state index contributed by atoms with van der Waals surface area (Å²) in [4.78, 5) is 0. The Morgan fingerprint density at radius 2 is 1.12 bits per heavy atom. The molecule has 0 heteroatoms. The van der Waals surface area contributed by atoms with Crippen LogP contribution in [0, 0.1) is 52.8 Å². The Morgan fingerprint density at radius 3 is 1.59 bits per heavy atom. The van der Waals surface area contributed by atoms with Crippen LogP contribution in [0.3, 0.4) is 0 Å². The Morgan fingerprint density at radius 1 is 0.706 bits per heavy atom. The van der Waals surface area contributed by atoms with Crippen LogP contribution in [-0.2, 0) is 0 Å². The van der Waals surface area contributed by atoms with Gasteiger partial charge in [0.05, 0.1) is 0 Å². The fraction of sp³-hybridized carbons (Fsp3) is 0.765. The minimum Gasteiger partial charge on any atom is -0.0848 e. The molecule has 0 aliphatic heterocycles. The number of hydrogen-bond acceptors (Lipinski definition) is 0. The molecule has 17 heavy (non-hydrogen) atoms. The summed E-state index contributed by atoms with van der Waals surface area (Å²) in [6, 6.07) is 0. The zero-order valence-corrected chi connectivity index (χ0v) is 10.8. The second-order valence-electron chi connectivity index (χ2n) is 7.92. The van der Waals surface area contributed by atoms with E-state index < -0.39 is 0 Å². The van der Waals surface area contributed by atoms with Gasteiger partial charge in [-0.25, -0.2) is 0 Å². The third-order valence-corrected chi connectivity index (χ3v) is 7.20. The topological polar surface area (TPSA) is 0 Å². The van der Waals surface area contributed by atoms with Crippen LogP contribution in [0.2, 0.25) is 0 Å². The highest BCUT2D eigenvalue weighted by Crippen LogP contribution is 2.73. The molecule has 3 saturated carbocycles. The van der Waals surface area contributed by atoms with Crippen LogP contribution < -0.4 is 0 Å². The van der Waals surface area contributed by atoms with Gasteiger partial charge in [0.25, 0.3) is 0 Å². The summed E-state index contributed by atoms with van der Waals surface area (Å²) in [5.74, 6) is 7.89. The van der Waals surface area contributed by atoms with Gasteiger partial charge < -0.3 is 0 Å². The zero-order chi connectivity index (χ0) is 11.4. The van der Waals surface area contributed by atoms with E-state index in [0.717, 1.165) is 47.3 Å². The second kappa shape index (κ2) is 2.58. The van der Waals surface area contributed by atoms with Crippen LogP contribution >= 0.6 is 0 Å². The third-order valence-electron chi connectivity index (χ3n) is 7.20. The Labute approximate surface area is 104 Å². The van der Waals surface area contributed by atoms with Crippen LogP contribution in [0.5, 0.6) is 0 Å². The molecule has 5 aliphatic carbocycles. The molecule has 8 atom stereocenters. The van der Waals surface area contributed by atoms with Gasteiger partial charge in [-0.2, -0.15) is 0 Å². The summed E-state index contributed by atoms with van der Waals surface area (Å²) in [6.07, 6.45) is 13.2. The van der Waals surface area contributed by atoms with E-state index in [1.807, 2.05) is 0 Å². The monoisotopic (exact) mass is 226 g/mol. The first-order chi connectivity index (χ1) is 8.18. The highest BCUT2D eigenvalue weighted by molar-refractivity contribution is 5.28. The average Bonchev–Trinajstić information content (AvgIpc) is 3.02. The normalized spacial score (nSPS) is 63.4. The summed E-state index contributed by atoms with van der Waals surface area (Å²) >= 11 is 0. The lowest BCUT2D eigenvalue weighted by atomic mass is 9.67. The van der Waals surface area contributed by atoms with Crippen LogP contribution in [0.4, 0.5) is 0 Å². The van der Waals surface area contributed by atoms with Gasteiger partial charge in [-0.05, 0) is 65.6 Å². The summed E-state index contributed by atoms with van der Waals surface area (Å²) in [5.41, 5.74) is 0.601. The van der Waals surface area contributed by atoms with E-state index in [-0.39, 0.29) is 0 Å². The molecule has 4 bridgehead atoms. The smallest absolute Gasteiger partial charge is 0.0191 e. The van der Waals surface area contributed by atoms with Gasteiger partial charge >= 0.3 is 0 Å². The Kier molecular flexibility index (Phi) is 1.43. The van der Waals surface area contributed by atoms with Crippen molar-refractivity contribution in [2.75, 3.05) is 0 Å². The predicted octanol–water partition coefficient (Wildman–Crippen LogP) is 3.90. The molecule has 3 fully saturated rings. The van der Waals surface area contributed by atoms with E-state index in [1.165, 1.54) is 12.8 Å². The summed E-state index contributed by atoms with van der Waals surface area (Å²) < 4.78 is 0.